The minimum absolute atomic E-state index is 1.00. The predicted molar refractivity (Wildman–Crippen MR) is 41.6 cm³/mol. The van der Waals surface area contributed by atoms with Crippen molar-refractivity contribution >= 4 is 21.2 Å². The Morgan fingerprint density at radius 2 is 1.50 bits per heavy atom. The van der Waals surface area contributed by atoms with E-state index in [0.717, 1.165) is 11.4 Å². The zero-order chi connectivity index (χ0) is 7.72. The molecule has 2 radical (unpaired) electrons. The van der Waals surface area contributed by atoms with E-state index in [4.69, 9.17) is 0 Å². The van der Waals surface area contributed by atoms with Gasteiger partial charge in [0, 0.05) is 0 Å². The second-order valence-electron chi connectivity index (χ2n) is 2.34. The quantitative estimate of drug-likeness (QED) is 0.554. The van der Waals surface area contributed by atoms with Gasteiger partial charge in [0.25, 0.3) is 0 Å². The minimum atomic E-state index is 1.00. The first-order valence-corrected chi connectivity index (χ1v) is 4.06. The van der Waals surface area contributed by atoms with Crippen molar-refractivity contribution in [3.05, 3.63) is 17.0 Å². The van der Waals surface area contributed by atoms with Crippen molar-refractivity contribution in [2.45, 2.75) is 20.8 Å². The fourth-order valence-corrected chi connectivity index (χ4v) is 1.15. The van der Waals surface area contributed by atoms with E-state index in [1.165, 1.54) is 9.91 Å². The monoisotopic (exact) mass is 196 g/mol. The Morgan fingerprint density at radius 3 is 2.00 bits per heavy atom. The summed E-state index contributed by atoms with van der Waals surface area (Å²) in [6.07, 6.45) is 0. The molecule has 0 saturated carbocycles. The van der Waals surface area contributed by atoms with Crippen LogP contribution in [0.4, 0.5) is 0 Å². The summed E-state index contributed by atoms with van der Waals surface area (Å²) in [6, 6.07) is 0. The van der Waals surface area contributed by atoms with Crippen molar-refractivity contribution in [3.63, 3.8) is 0 Å². The van der Waals surface area contributed by atoms with Crippen LogP contribution in [0.3, 0.4) is 0 Å². The Labute approximate surface area is 69.6 Å². The van der Waals surface area contributed by atoms with Gasteiger partial charge in [-0.25, -0.2) is 0 Å². The summed E-state index contributed by atoms with van der Waals surface area (Å²) in [7, 11) is 0. The van der Waals surface area contributed by atoms with E-state index in [1.807, 2.05) is 13.8 Å². The van der Waals surface area contributed by atoms with Gasteiger partial charge in [-0.05, 0) is 0 Å². The number of aromatic nitrogens is 2. The van der Waals surface area contributed by atoms with E-state index in [9.17, 15) is 0 Å². The van der Waals surface area contributed by atoms with Gasteiger partial charge in [0.1, 0.15) is 0 Å². The Bertz CT molecular complexity index is 231. The molecule has 2 nitrogen and oxygen atoms in total. The Morgan fingerprint density at radius 1 is 1.00 bits per heavy atom. The number of rotatable bonds is 0. The average molecular weight is 196 g/mol. The van der Waals surface area contributed by atoms with E-state index in [2.05, 4.69) is 34.0 Å². The van der Waals surface area contributed by atoms with Crippen LogP contribution in [-0.2, 0) is 0 Å². The van der Waals surface area contributed by atoms with Crippen LogP contribution < -0.4 is 4.35 Å². The number of aryl methyl sites for hydroxylation is 2. The molecule has 0 unspecified atom stereocenters. The van der Waals surface area contributed by atoms with Crippen molar-refractivity contribution in [1.29, 1.82) is 0 Å². The van der Waals surface area contributed by atoms with Crippen molar-refractivity contribution in [2.75, 3.05) is 0 Å². The topological polar surface area (TPSA) is 25.8 Å². The molecule has 1 heterocycles. The van der Waals surface area contributed by atoms with Gasteiger partial charge >= 0.3 is 69.1 Å². The van der Waals surface area contributed by atoms with Crippen LogP contribution in [0, 0.1) is 20.8 Å². The molecule has 0 amide bonds. The SMILES string of the molecule is Cc1nnc(C)c([As])c1C. The molecular weight excluding hydrogens is 187 g/mol. The molecule has 0 aliphatic rings. The van der Waals surface area contributed by atoms with Crippen LogP contribution in [0.1, 0.15) is 17.0 Å². The van der Waals surface area contributed by atoms with E-state index >= 15 is 0 Å². The van der Waals surface area contributed by atoms with E-state index in [-0.39, 0.29) is 0 Å². The molecule has 1 aromatic rings. The molecule has 1 aromatic heterocycles. The van der Waals surface area contributed by atoms with E-state index in [1.54, 1.807) is 0 Å². The Kier molecular flexibility index (Phi) is 2.10. The number of hydrogen-bond acceptors (Lipinski definition) is 2. The van der Waals surface area contributed by atoms with Crippen molar-refractivity contribution in [3.8, 4) is 0 Å². The van der Waals surface area contributed by atoms with Crippen LogP contribution >= 0.6 is 0 Å². The summed E-state index contributed by atoms with van der Waals surface area (Å²) >= 11 is 2.53. The molecule has 0 atom stereocenters. The fourth-order valence-electron chi connectivity index (χ4n) is 0.715. The molecule has 10 heavy (non-hydrogen) atoms. The molecule has 52 valence electrons. The molecule has 0 bridgehead atoms. The van der Waals surface area contributed by atoms with E-state index in [0.29, 0.717) is 0 Å². The third-order valence-electron chi connectivity index (χ3n) is 1.59. The molecule has 0 aliphatic carbocycles. The van der Waals surface area contributed by atoms with Crippen molar-refractivity contribution in [1.82, 2.24) is 10.2 Å². The van der Waals surface area contributed by atoms with Gasteiger partial charge in [0.2, 0.25) is 0 Å². The zero-order valence-electron chi connectivity index (χ0n) is 6.34. The molecule has 0 fully saturated rings. The maximum atomic E-state index is 3.98. The second kappa shape index (κ2) is 2.71. The third kappa shape index (κ3) is 1.22. The molecule has 0 aromatic carbocycles. The second-order valence-corrected chi connectivity index (χ2v) is 3.28. The van der Waals surface area contributed by atoms with Crippen LogP contribution in [0.25, 0.3) is 0 Å². The van der Waals surface area contributed by atoms with Gasteiger partial charge in [-0.2, -0.15) is 0 Å². The van der Waals surface area contributed by atoms with Crippen LogP contribution in [-0.4, -0.2) is 27.1 Å². The molecular formula is C7H9AsN2. The Hall–Kier alpha value is -0.362. The number of nitrogens with zero attached hydrogens (tertiary/aromatic N) is 2. The van der Waals surface area contributed by atoms with Gasteiger partial charge in [-0.3, -0.25) is 0 Å². The van der Waals surface area contributed by atoms with Gasteiger partial charge in [0.15, 0.2) is 0 Å². The first-order chi connectivity index (χ1) is 4.63. The first kappa shape index (κ1) is 7.74. The summed E-state index contributed by atoms with van der Waals surface area (Å²) in [6.45, 7) is 6.00. The molecule has 0 aliphatic heterocycles. The van der Waals surface area contributed by atoms with Gasteiger partial charge in [0.05, 0.1) is 0 Å². The molecule has 0 spiro atoms. The predicted octanol–water partition coefficient (Wildman–Crippen LogP) is 0.196. The van der Waals surface area contributed by atoms with Crippen LogP contribution in [0.2, 0.25) is 0 Å². The first-order valence-electron chi connectivity index (χ1n) is 3.12. The molecule has 0 N–H and O–H groups in total. The van der Waals surface area contributed by atoms with Gasteiger partial charge in [-0.15, -0.1) is 0 Å². The summed E-state index contributed by atoms with van der Waals surface area (Å²) < 4.78 is 1.19. The fraction of sp³-hybridized carbons (Fsp3) is 0.429. The van der Waals surface area contributed by atoms with Crippen molar-refractivity contribution in [2.24, 2.45) is 0 Å². The van der Waals surface area contributed by atoms with Gasteiger partial charge < -0.3 is 0 Å². The third-order valence-corrected chi connectivity index (χ3v) is 2.97. The zero-order valence-corrected chi connectivity index (χ0v) is 8.22. The van der Waals surface area contributed by atoms with E-state index < -0.39 is 0 Å². The maximum absolute atomic E-state index is 3.98. The summed E-state index contributed by atoms with van der Waals surface area (Å²) in [5.74, 6) is 0. The summed E-state index contributed by atoms with van der Waals surface area (Å²) in [5.41, 5.74) is 3.25. The van der Waals surface area contributed by atoms with Gasteiger partial charge in [-0.1, -0.05) is 0 Å². The summed E-state index contributed by atoms with van der Waals surface area (Å²) in [5, 5.41) is 7.95. The average Bonchev–Trinajstić information content (AvgIpc) is 1.93. The molecule has 0 saturated heterocycles. The van der Waals surface area contributed by atoms with Crippen molar-refractivity contribution < 1.29 is 0 Å². The number of hydrogen-bond donors (Lipinski definition) is 0. The standard InChI is InChI=1S/C7H9AsN2/c1-4-5(2)9-10-6(3)7(4)8/h1-3H3. The molecule has 1 rings (SSSR count). The molecule has 3 heteroatoms. The normalized spacial score (nSPS) is 10.0. The summed E-state index contributed by atoms with van der Waals surface area (Å²) in [4.78, 5) is 0. The Balaban J connectivity index is 3.34. The van der Waals surface area contributed by atoms with Crippen LogP contribution in [0.5, 0.6) is 0 Å². The van der Waals surface area contributed by atoms with Crippen LogP contribution in [0.15, 0.2) is 0 Å².